The highest BCUT2D eigenvalue weighted by atomic mass is 32.2. The van der Waals surface area contributed by atoms with Crippen molar-refractivity contribution in [2.45, 2.75) is 12.5 Å². The lowest BCUT2D eigenvalue weighted by atomic mass is 10.2. The van der Waals surface area contributed by atoms with Gasteiger partial charge in [0.05, 0.1) is 6.20 Å². The van der Waals surface area contributed by atoms with Crippen LogP contribution in [0.4, 0.5) is 11.6 Å². The summed E-state index contributed by atoms with van der Waals surface area (Å²) in [6.45, 7) is 0. The number of nitrogens with two attached hydrogens (primary N) is 1. The number of fused-ring (bicyclic) bond motifs is 1. The second-order valence-electron chi connectivity index (χ2n) is 3.98. The number of nitrogens with one attached hydrogen (secondary N) is 2. The number of anilines is 2. The van der Waals surface area contributed by atoms with Gasteiger partial charge in [-0.25, -0.2) is 15.8 Å². The fourth-order valence-corrected chi connectivity index (χ4v) is 3.09. The Morgan fingerprint density at radius 2 is 2.47 bits per heavy atom. The Hall–Kier alpha value is -1.47. The monoisotopic (exact) mass is 250 g/mol. The lowest BCUT2D eigenvalue weighted by Gasteiger charge is -2.13. The number of nitrogens with zero attached hydrogens (tertiary/aromatic N) is 3. The van der Waals surface area contributed by atoms with E-state index in [4.69, 9.17) is 5.84 Å². The number of imidazole rings is 1. The fourth-order valence-electron chi connectivity index (χ4n) is 1.94. The summed E-state index contributed by atoms with van der Waals surface area (Å²) < 4.78 is 1.91. The van der Waals surface area contributed by atoms with Crippen molar-refractivity contribution in [2.24, 2.45) is 5.84 Å². The topological polar surface area (TPSA) is 80.3 Å². The first-order valence-electron chi connectivity index (χ1n) is 5.51. The van der Waals surface area contributed by atoms with Crippen LogP contribution in [0.3, 0.4) is 0 Å². The van der Waals surface area contributed by atoms with Crippen LogP contribution in [-0.2, 0) is 0 Å². The molecular weight excluding hydrogens is 236 g/mol. The maximum Gasteiger partial charge on any atom is 0.180 e. The van der Waals surface area contributed by atoms with Crippen LogP contribution in [0, 0.1) is 0 Å². The molecule has 2 aromatic heterocycles. The van der Waals surface area contributed by atoms with Gasteiger partial charge in [-0.2, -0.15) is 11.8 Å². The molecule has 0 saturated carbocycles. The summed E-state index contributed by atoms with van der Waals surface area (Å²) >= 11 is 1.96. The minimum Gasteiger partial charge on any atom is -0.363 e. The molecule has 1 fully saturated rings. The van der Waals surface area contributed by atoms with Gasteiger partial charge in [0.25, 0.3) is 0 Å². The van der Waals surface area contributed by atoms with Crippen molar-refractivity contribution in [2.75, 3.05) is 22.2 Å². The summed E-state index contributed by atoms with van der Waals surface area (Å²) in [4.78, 5) is 8.71. The van der Waals surface area contributed by atoms with Crippen molar-refractivity contribution in [1.82, 2.24) is 14.4 Å². The number of rotatable bonds is 3. The van der Waals surface area contributed by atoms with Gasteiger partial charge in [0.15, 0.2) is 17.3 Å². The predicted molar refractivity (Wildman–Crippen MR) is 70.1 cm³/mol. The van der Waals surface area contributed by atoms with Crippen molar-refractivity contribution in [1.29, 1.82) is 0 Å². The molecule has 1 unspecified atom stereocenters. The summed E-state index contributed by atoms with van der Waals surface area (Å²) in [5.74, 6) is 9.15. The molecule has 2 aromatic rings. The van der Waals surface area contributed by atoms with E-state index in [-0.39, 0.29) is 0 Å². The van der Waals surface area contributed by atoms with Gasteiger partial charge in [0.2, 0.25) is 0 Å². The predicted octanol–water partition coefficient (Wildman–Crippen LogP) is 0.932. The van der Waals surface area contributed by atoms with Gasteiger partial charge in [0, 0.05) is 24.2 Å². The minimum atomic E-state index is 0.473. The van der Waals surface area contributed by atoms with E-state index in [0.29, 0.717) is 11.9 Å². The Bertz CT molecular complexity index is 518. The normalized spacial score (nSPS) is 19.7. The van der Waals surface area contributed by atoms with Crippen LogP contribution < -0.4 is 16.6 Å². The van der Waals surface area contributed by atoms with Crippen molar-refractivity contribution < 1.29 is 0 Å². The molecular formula is C10H14N6S. The van der Waals surface area contributed by atoms with Gasteiger partial charge in [-0.3, -0.25) is 0 Å². The first-order chi connectivity index (χ1) is 8.36. The van der Waals surface area contributed by atoms with E-state index in [9.17, 15) is 0 Å². The Morgan fingerprint density at radius 3 is 3.24 bits per heavy atom. The average molecular weight is 250 g/mol. The SMILES string of the molecule is NNc1cn2ccnc2c(NC2CCSC2)n1. The van der Waals surface area contributed by atoms with Crippen LogP contribution in [0.2, 0.25) is 0 Å². The van der Waals surface area contributed by atoms with E-state index in [1.807, 2.05) is 28.6 Å². The third-order valence-corrected chi connectivity index (χ3v) is 3.95. The van der Waals surface area contributed by atoms with E-state index in [0.717, 1.165) is 17.2 Å². The molecule has 7 heteroatoms. The van der Waals surface area contributed by atoms with Gasteiger partial charge in [-0.1, -0.05) is 0 Å². The summed E-state index contributed by atoms with van der Waals surface area (Å²) in [5, 5.41) is 3.43. The summed E-state index contributed by atoms with van der Waals surface area (Å²) in [6.07, 6.45) is 6.62. The number of thioether (sulfide) groups is 1. The van der Waals surface area contributed by atoms with E-state index in [1.54, 1.807) is 6.20 Å². The molecule has 1 aliphatic rings. The zero-order valence-corrected chi connectivity index (χ0v) is 10.1. The van der Waals surface area contributed by atoms with Crippen molar-refractivity contribution in [3.05, 3.63) is 18.6 Å². The smallest absolute Gasteiger partial charge is 0.180 e. The second-order valence-corrected chi connectivity index (χ2v) is 5.13. The van der Waals surface area contributed by atoms with Crippen LogP contribution in [-0.4, -0.2) is 31.9 Å². The van der Waals surface area contributed by atoms with Gasteiger partial charge in [-0.15, -0.1) is 0 Å². The van der Waals surface area contributed by atoms with Gasteiger partial charge in [-0.05, 0) is 12.2 Å². The number of hydrazine groups is 1. The highest BCUT2D eigenvalue weighted by Crippen LogP contribution is 2.23. The Labute approximate surface area is 103 Å². The molecule has 0 bridgehead atoms. The zero-order chi connectivity index (χ0) is 11.7. The first-order valence-corrected chi connectivity index (χ1v) is 6.67. The summed E-state index contributed by atoms with van der Waals surface area (Å²) in [5.41, 5.74) is 3.40. The van der Waals surface area contributed by atoms with Crippen LogP contribution in [0.1, 0.15) is 6.42 Å². The van der Waals surface area contributed by atoms with E-state index >= 15 is 0 Å². The van der Waals surface area contributed by atoms with Crippen LogP contribution in [0.5, 0.6) is 0 Å². The van der Waals surface area contributed by atoms with E-state index in [1.165, 1.54) is 12.2 Å². The molecule has 6 nitrogen and oxygen atoms in total. The number of aromatic nitrogens is 3. The maximum atomic E-state index is 5.41. The molecule has 0 aromatic carbocycles. The third kappa shape index (κ3) is 2.03. The van der Waals surface area contributed by atoms with Crippen LogP contribution >= 0.6 is 11.8 Å². The molecule has 1 saturated heterocycles. The van der Waals surface area contributed by atoms with Gasteiger partial charge < -0.3 is 15.1 Å². The third-order valence-electron chi connectivity index (χ3n) is 2.79. The molecule has 4 N–H and O–H groups in total. The second kappa shape index (κ2) is 4.42. The number of hydrogen-bond donors (Lipinski definition) is 3. The molecule has 0 radical (unpaired) electrons. The first kappa shape index (κ1) is 10.7. The molecule has 0 amide bonds. The molecule has 0 spiro atoms. The minimum absolute atomic E-state index is 0.473. The summed E-state index contributed by atoms with van der Waals surface area (Å²) in [6, 6.07) is 0.473. The molecule has 17 heavy (non-hydrogen) atoms. The highest BCUT2D eigenvalue weighted by Gasteiger charge is 2.17. The van der Waals surface area contributed by atoms with Crippen molar-refractivity contribution in [3.8, 4) is 0 Å². The molecule has 90 valence electrons. The van der Waals surface area contributed by atoms with E-state index < -0.39 is 0 Å². The van der Waals surface area contributed by atoms with Gasteiger partial charge >= 0.3 is 0 Å². The molecule has 3 rings (SSSR count). The van der Waals surface area contributed by atoms with Gasteiger partial charge in [0.1, 0.15) is 0 Å². The van der Waals surface area contributed by atoms with Crippen molar-refractivity contribution in [3.63, 3.8) is 0 Å². The molecule has 3 heterocycles. The molecule has 1 aliphatic heterocycles. The number of nitrogen functional groups attached to an aromatic ring is 1. The molecule has 0 aliphatic carbocycles. The van der Waals surface area contributed by atoms with E-state index in [2.05, 4.69) is 20.7 Å². The largest absolute Gasteiger partial charge is 0.363 e. The van der Waals surface area contributed by atoms with Crippen molar-refractivity contribution >= 4 is 29.0 Å². The summed E-state index contributed by atoms with van der Waals surface area (Å²) in [7, 11) is 0. The number of hydrogen-bond acceptors (Lipinski definition) is 6. The maximum absolute atomic E-state index is 5.41. The molecule has 1 atom stereocenters. The lowest BCUT2D eigenvalue weighted by molar-refractivity contribution is 0.806. The standard InChI is InChI=1S/C10H14N6S/c11-15-8-5-16-3-2-12-10(16)9(14-8)13-7-1-4-17-6-7/h2-3,5,7,15H,1,4,6,11H2,(H,13,14). The fraction of sp³-hybridized carbons (Fsp3) is 0.400. The highest BCUT2D eigenvalue weighted by molar-refractivity contribution is 7.99. The quantitative estimate of drug-likeness (QED) is 0.555. The van der Waals surface area contributed by atoms with Crippen LogP contribution in [0.25, 0.3) is 5.65 Å². The Morgan fingerprint density at radius 1 is 1.53 bits per heavy atom. The van der Waals surface area contributed by atoms with Crippen LogP contribution in [0.15, 0.2) is 18.6 Å². The average Bonchev–Trinajstić information content (AvgIpc) is 2.98. The Balaban J connectivity index is 1.97. The zero-order valence-electron chi connectivity index (χ0n) is 9.26. The Kier molecular flexibility index (Phi) is 2.77. The lowest BCUT2D eigenvalue weighted by Crippen LogP contribution is -2.20.